The molecule has 0 saturated carbocycles. The van der Waals surface area contributed by atoms with Gasteiger partial charge >= 0.3 is 0 Å². The van der Waals surface area contributed by atoms with Crippen molar-refractivity contribution in [2.24, 2.45) is 0 Å². The summed E-state index contributed by atoms with van der Waals surface area (Å²) >= 11 is 1.88. The topological polar surface area (TPSA) is 24.9 Å². The highest BCUT2D eigenvalue weighted by Gasteiger charge is 2.14. The van der Waals surface area contributed by atoms with Gasteiger partial charge in [0.15, 0.2) is 0 Å². The number of hydrogen-bond donors (Lipinski definition) is 1. The van der Waals surface area contributed by atoms with E-state index >= 15 is 0 Å². The van der Waals surface area contributed by atoms with E-state index in [2.05, 4.69) is 53.6 Å². The number of likely N-dealkylation sites (N-methyl/N-ethyl adjacent to an activating group) is 1. The van der Waals surface area contributed by atoms with Gasteiger partial charge in [0, 0.05) is 28.0 Å². The standard InChI is InChI=1S/C17H18N2S/c1-2-19-15(10-13-6-5-9-18-12-13)17-11-14-7-3-4-8-16(14)20-17/h3-9,11-12,15,19H,2,10H2,1H3. The van der Waals surface area contributed by atoms with Crippen molar-refractivity contribution in [1.82, 2.24) is 10.3 Å². The van der Waals surface area contributed by atoms with E-state index < -0.39 is 0 Å². The molecule has 1 N–H and O–H groups in total. The molecule has 2 aromatic heterocycles. The molecule has 1 aromatic carbocycles. The minimum Gasteiger partial charge on any atom is -0.309 e. The first-order valence-electron chi connectivity index (χ1n) is 6.97. The van der Waals surface area contributed by atoms with Crippen molar-refractivity contribution < 1.29 is 0 Å². The Balaban J connectivity index is 1.89. The molecule has 2 heterocycles. The van der Waals surface area contributed by atoms with Gasteiger partial charge in [0.25, 0.3) is 0 Å². The number of benzene rings is 1. The van der Waals surface area contributed by atoms with Gasteiger partial charge in [-0.3, -0.25) is 4.98 Å². The minimum absolute atomic E-state index is 0.363. The highest BCUT2D eigenvalue weighted by molar-refractivity contribution is 7.19. The zero-order valence-electron chi connectivity index (χ0n) is 11.5. The molecule has 2 nitrogen and oxygen atoms in total. The number of rotatable bonds is 5. The van der Waals surface area contributed by atoms with Gasteiger partial charge in [-0.05, 0) is 42.1 Å². The van der Waals surface area contributed by atoms with Gasteiger partial charge in [-0.2, -0.15) is 0 Å². The third-order valence-corrected chi connectivity index (χ3v) is 4.63. The second-order valence-corrected chi connectivity index (χ2v) is 5.98. The van der Waals surface area contributed by atoms with Gasteiger partial charge in [0.05, 0.1) is 0 Å². The van der Waals surface area contributed by atoms with E-state index in [0.717, 1.165) is 13.0 Å². The maximum Gasteiger partial charge on any atom is 0.0456 e. The summed E-state index contributed by atoms with van der Waals surface area (Å²) in [6.45, 7) is 3.13. The number of aromatic nitrogens is 1. The van der Waals surface area contributed by atoms with Gasteiger partial charge in [-0.15, -0.1) is 11.3 Å². The van der Waals surface area contributed by atoms with E-state index in [1.165, 1.54) is 20.5 Å². The molecule has 102 valence electrons. The van der Waals surface area contributed by atoms with Gasteiger partial charge in [-0.25, -0.2) is 0 Å². The summed E-state index contributed by atoms with van der Waals surface area (Å²) in [5.74, 6) is 0. The maximum absolute atomic E-state index is 4.21. The van der Waals surface area contributed by atoms with Crippen molar-refractivity contribution in [3.8, 4) is 0 Å². The summed E-state index contributed by atoms with van der Waals surface area (Å²) in [5.41, 5.74) is 1.27. The van der Waals surface area contributed by atoms with Crippen LogP contribution < -0.4 is 5.32 Å². The molecule has 0 saturated heterocycles. The molecule has 0 radical (unpaired) electrons. The van der Waals surface area contributed by atoms with Crippen molar-refractivity contribution >= 4 is 21.4 Å². The molecule has 1 unspecified atom stereocenters. The summed E-state index contributed by atoms with van der Waals surface area (Å²) in [4.78, 5) is 5.61. The zero-order chi connectivity index (χ0) is 13.8. The van der Waals surface area contributed by atoms with E-state index in [9.17, 15) is 0 Å². The number of thiophene rings is 1. The van der Waals surface area contributed by atoms with Crippen molar-refractivity contribution in [3.05, 3.63) is 65.3 Å². The molecule has 3 heteroatoms. The largest absolute Gasteiger partial charge is 0.309 e. The molecule has 1 atom stereocenters. The fourth-order valence-electron chi connectivity index (χ4n) is 2.45. The summed E-state index contributed by atoms with van der Waals surface area (Å²) in [7, 11) is 0. The molecule has 0 aliphatic heterocycles. The van der Waals surface area contributed by atoms with E-state index in [1.54, 1.807) is 0 Å². The first-order valence-corrected chi connectivity index (χ1v) is 7.79. The lowest BCUT2D eigenvalue weighted by molar-refractivity contribution is 0.558. The number of nitrogens with one attached hydrogen (secondary N) is 1. The lowest BCUT2D eigenvalue weighted by Gasteiger charge is -2.16. The van der Waals surface area contributed by atoms with Gasteiger partial charge in [0.2, 0.25) is 0 Å². The fourth-order valence-corrected chi connectivity index (χ4v) is 3.59. The highest BCUT2D eigenvalue weighted by Crippen LogP contribution is 2.31. The Hall–Kier alpha value is -1.71. The Bertz CT molecular complexity index is 643. The molecular formula is C17H18N2S. The van der Waals surface area contributed by atoms with Crippen LogP contribution in [0.25, 0.3) is 10.1 Å². The molecule has 3 aromatic rings. The SMILES string of the molecule is CCNC(Cc1cccnc1)c1cc2ccccc2s1. The Morgan fingerprint density at radius 3 is 2.85 bits per heavy atom. The van der Waals surface area contributed by atoms with Crippen molar-refractivity contribution in [3.63, 3.8) is 0 Å². The van der Waals surface area contributed by atoms with Gasteiger partial charge < -0.3 is 5.32 Å². The lowest BCUT2D eigenvalue weighted by Crippen LogP contribution is -2.22. The zero-order valence-corrected chi connectivity index (χ0v) is 12.4. The summed E-state index contributed by atoms with van der Waals surface area (Å²) in [6.07, 6.45) is 4.76. The monoisotopic (exact) mass is 282 g/mol. The Morgan fingerprint density at radius 2 is 2.10 bits per heavy atom. The summed E-state index contributed by atoms with van der Waals surface area (Å²) < 4.78 is 1.36. The Morgan fingerprint density at radius 1 is 1.20 bits per heavy atom. The van der Waals surface area contributed by atoms with Gasteiger partial charge in [0.1, 0.15) is 0 Å². The van der Waals surface area contributed by atoms with E-state index in [1.807, 2.05) is 29.8 Å². The van der Waals surface area contributed by atoms with Crippen LogP contribution >= 0.6 is 11.3 Å². The molecule has 0 fully saturated rings. The molecule has 0 aliphatic rings. The predicted molar refractivity (Wildman–Crippen MR) is 86.2 cm³/mol. The minimum atomic E-state index is 0.363. The molecular weight excluding hydrogens is 264 g/mol. The predicted octanol–water partition coefficient (Wildman–Crippen LogP) is 4.19. The smallest absolute Gasteiger partial charge is 0.0456 e. The van der Waals surface area contributed by atoms with Crippen LogP contribution in [0.4, 0.5) is 0 Å². The van der Waals surface area contributed by atoms with E-state index in [4.69, 9.17) is 0 Å². The van der Waals surface area contributed by atoms with Crippen LogP contribution in [0.2, 0.25) is 0 Å². The Labute approximate surface area is 123 Å². The normalized spacial score (nSPS) is 12.7. The second kappa shape index (κ2) is 6.16. The average Bonchev–Trinajstić information content (AvgIpc) is 2.92. The third-order valence-electron chi connectivity index (χ3n) is 3.40. The molecule has 0 spiro atoms. The maximum atomic E-state index is 4.21. The first kappa shape index (κ1) is 13.3. The van der Waals surface area contributed by atoms with Crippen LogP contribution in [0.3, 0.4) is 0 Å². The van der Waals surface area contributed by atoms with Crippen molar-refractivity contribution in [2.75, 3.05) is 6.54 Å². The van der Waals surface area contributed by atoms with E-state index in [0.29, 0.717) is 6.04 Å². The number of hydrogen-bond acceptors (Lipinski definition) is 3. The van der Waals surface area contributed by atoms with Crippen LogP contribution in [-0.2, 0) is 6.42 Å². The fraction of sp³-hybridized carbons (Fsp3) is 0.235. The molecule has 0 aliphatic carbocycles. The highest BCUT2D eigenvalue weighted by atomic mass is 32.1. The first-order chi connectivity index (χ1) is 9.86. The number of fused-ring (bicyclic) bond motifs is 1. The number of nitrogens with zero attached hydrogens (tertiary/aromatic N) is 1. The van der Waals surface area contributed by atoms with Crippen molar-refractivity contribution in [1.29, 1.82) is 0 Å². The van der Waals surface area contributed by atoms with Crippen molar-refractivity contribution in [2.45, 2.75) is 19.4 Å². The summed E-state index contributed by atoms with van der Waals surface area (Å²) in [6, 6.07) is 15.4. The molecule has 3 rings (SSSR count). The van der Waals surface area contributed by atoms with Crippen LogP contribution in [0.1, 0.15) is 23.4 Å². The van der Waals surface area contributed by atoms with Crippen LogP contribution in [0, 0.1) is 0 Å². The Kier molecular flexibility index (Phi) is 4.09. The number of pyridine rings is 1. The molecule has 0 bridgehead atoms. The van der Waals surface area contributed by atoms with Crippen LogP contribution in [-0.4, -0.2) is 11.5 Å². The van der Waals surface area contributed by atoms with E-state index in [-0.39, 0.29) is 0 Å². The summed E-state index contributed by atoms with van der Waals surface area (Å²) in [5, 5.41) is 4.93. The lowest BCUT2D eigenvalue weighted by atomic mass is 10.1. The van der Waals surface area contributed by atoms with Crippen LogP contribution in [0.15, 0.2) is 54.9 Å². The second-order valence-electron chi connectivity index (χ2n) is 4.86. The molecule has 20 heavy (non-hydrogen) atoms. The van der Waals surface area contributed by atoms with Crippen LogP contribution in [0.5, 0.6) is 0 Å². The third kappa shape index (κ3) is 2.89. The van der Waals surface area contributed by atoms with Gasteiger partial charge in [-0.1, -0.05) is 31.2 Å². The quantitative estimate of drug-likeness (QED) is 0.759. The molecule has 0 amide bonds. The average molecular weight is 282 g/mol.